The predicted octanol–water partition coefficient (Wildman–Crippen LogP) is 0.626. The minimum Gasteiger partial charge on any atom is -0.246 e. The van der Waals surface area contributed by atoms with Gasteiger partial charge in [-0.3, -0.25) is 0 Å². The largest absolute Gasteiger partial charge is 0.426 e. The van der Waals surface area contributed by atoms with E-state index in [1.807, 2.05) is 0 Å². The Bertz CT molecular complexity index is 159. The van der Waals surface area contributed by atoms with Crippen LogP contribution in [0.2, 0.25) is 0 Å². The highest BCUT2D eigenvalue weighted by atomic mass is 32.3. The van der Waals surface area contributed by atoms with E-state index in [0.717, 1.165) is 0 Å². The maximum absolute atomic E-state index is 10.6. The van der Waals surface area contributed by atoms with Crippen molar-refractivity contribution < 1.29 is 21.8 Å². The molecule has 5 nitrogen and oxygen atoms in total. The van der Waals surface area contributed by atoms with E-state index in [0.29, 0.717) is 6.42 Å². The Morgan fingerprint density at radius 2 is 1.91 bits per heavy atom. The second-order valence-electron chi connectivity index (χ2n) is 1.70. The van der Waals surface area contributed by atoms with E-state index in [1.54, 1.807) is 13.8 Å². The van der Waals surface area contributed by atoms with Crippen LogP contribution in [0.1, 0.15) is 20.3 Å². The van der Waals surface area contributed by atoms with Crippen LogP contribution in [-0.4, -0.2) is 21.6 Å². The second kappa shape index (κ2) is 5.48. The first kappa shape index (κ1) is 10.8. The first-order valence-electron chi connectivity index (χ1n) is 3.32. The molecule has 0 unspecified atom stereocenters. The molecule has 0 aromatic heterocycles. The third kappa shape index (κ3) is 6.24. The molecule has 6 heteroatoms. The van der Waals surface area contributed by atoms with Gasteiger partial charge in [0.1, 0.15) is 0 Å². The molecule has 0 bridgehead atoms. The molecule has 0 spiro atoms. The van der Waals surface area contributed by atoms with Crippen molar-refractivity contribution >= 4 is 10.4 Å². The zero-order valence-corrected chi connectivity index (χ0v) is 7.39. The van der Waals surface area contributed by atoms with E-state index >= 15 is 0 Å². The molecule has 0 aliphatic carbocycles. The van der Waals surface area contributed by atoms with E-state index in [1.165, 1.54) is 0 Å². The van der Waals surface area contributed by atoms with Crippen molar-refractivity contribution in [1.29, 1.82) is 0 Å². The zero-order chi connectivity index (χ0) is 8.74. The van der Waals surface area contributed by atoms with Crippen molar-refractivity contribution in [3.05, 3.63) is 0 Å². The lowest BCUT2D eigenvalue weighted by Gasteiger charge is -2.01. The smallest absolute Gasteiger partial charge is 0.246 e. The highest BCUT2D eigenvalue weighted by Crippen LogP contribution is 1.97. The molecule has 0 saturated heterocycles. The fourth-order valence-corrected chi connectivity index (χ4v) is 0.936. The van der Waals surface area contributed by atoms with Crippen molar-refractivity contribution in [2.45, 2.75) is 20.3 Å². The molecule has 0 amide bonds. The molecule has 0 N–H and O–H groups in total. The van der Waals surface area contributed by atoms with Crippen LogP contribution in [0, 0.1) is 0 Å². The Morgan fingerprint density at radius 3 is 2.36 bits per heavy atom. The van der Waals surface area contributed by atoms with Crippen LogP contribution in [0.4, 0.5) is 0 Å². The Hall–Kier alpha value is -0.170. The first-order valence-corrected chi connectivity index (χ1v) is 4.66. The fourth-order valence-electron chi connectivity index (χ4n) is 0.312. The molecule has 0 saturated carbocycles. The molecule has 11 heavy (non-hydrogen) atoms. The summed E-state index contributed by atoms with van der Waals surface area (Å²) in [6.07, 6.45) is 0.606. The minimum absolute atomic E-state index is 0.107. The van der Waals surface area contributed by atoms with Crippen molar-refractivity contribution in [3.8, 4) is 0 Å². The molecule has 0 aromatic rings. The molecule has 0 aliphatic rings. The molecule has 0 aliphatic heterocycles. The molecule has 68 valence electrons. The molecule has 0 fully saturated rings. The van der Waals surface area contributed by atoms with Crippen molar-refractivity contribution in [1.82, 2.24) is 0 Å². The van der Waals surface area contributed by atoms with Gasteiger partial charge >= 0.3 is 10.4 Å². The van der Waals surface area contributed by atoms with Gasteiger partial charge in [0, 0.05) is 0 Å². The molecule has 0 heterocycles. The van der Waals surface area contributed by atoms with E-state index in [-0.39, 0.29) is 13.2 Å². The predicted molar refractivity (Wildman–Crippen MR) is 37.9 cm³/mol. The van der Waals surface area contributed by atoms with Gasteiger partial charge in [-0.05, 0) is 13.3 Å². The minimum atomic E-state index is -3.93. The summed E-state index contributed by atoms with van der Waals surface area (Å²) in [5, 5.41) is 0. The van der Waals surface area contributed by atoms with Crippen molar-refractivity contribution in [2.24, 2.45) is 0 Å². The Morgan fingerprint density at radius 1 is 1.27 bits per heavy atom. The topological polar surface area (TPSA) is 61.8 Å². The summed E-state index contributed by atoms with van der Waals surface area (Å²) >= 11 is 0. The molecule has 0 atom stereocenters. The molecular weight excluding hydrogens is 172 g/mol. The lowest BCUT2D eigenvalue weighted by atomic mass is 10.5. The number of hydrogen-bond donors (Lipinski definition) is 0. The van der Waals surface area contributed by atoms with Gasteiger partial charge in [0.2, 0.25) is 0 Å². The Labute approximate surface area is 66.5 Å². The first-order chi connectivity index (χ1) is 5.12. The van der Waals surface area contributed by atoms with Crippen LogP contribution in [-0.2, 0) is 23.8 Å². The summed E-state index contributed by atoms with van der Waals surface area (Å²) in [5.41, 5.74) is 0. The maximum Gasteiger partial charge on any atom is 0.426 e. The van der Waals surface area contributed by atoms with Gasteiger partial charge in [-0.1, -0.05) is 11.3 Å². The summed E-state index contributed by atoms with van der Waals surface area (Å²) in [6.45, 7) is 3.66. The van der Waals surface area contributed by atoms with Crippen LogP contribution in [0.3, 0.4) is 0 Å². The number of hydrogen-bond acceptors (Lipinski definition) is 5. The molecule has 0 aromatic carbocycles. The van der Waals surface area contributed by atoms with Gasteiger partial charge < -0.3 is 0 Å². The van der Waals surface area contributed by atoms with Gasteiger partial charge in [0.05, 0.1) is 13.2 Å². The SMILES string of the molecule is CCCOS(=O)(=O)OOCC. The lowest BCUT2D eigenvalue weighted by Crippen LogP contribution is -2.11. The van der Waals surface area contributed by atoms with Crippen LogP contribution in [0.5, 0.6) is 0 Å². The fraction of sp³-hybridized carbons (Fsp3) is 1.00. The maximum atomic E-state index is 10.6. The standard InChI is InChI=1S/C5H12O5S/c1-3-5-9-11(6,7)10-8-4-2/h3-5H2,1-2H3. The lowest BCUT2D eigenvalue weighted by molar-refractivity contribution is -0.205. The van der Waals surface area contributed by atoms with Gasteiger partial charge in [-0.15, -0.1) is 0 Å². The summed E-state index contributed by atoms with van der Waals surface area (Å²) in [5.74, 6) is 0. The van der Waals surface area contributed by atoms with Crippen LogP contribution in [0.15, 0.2) is 0 Å². The van der Waals surface area contributed by atoms with Gasteiger partial charge in [-0.2, -0.15) is 8.42 Å². The highest BCUT2D eigenvalue weighted by molar-refractivity contribution is 7.81. The number of rotatable bonds is 6. The summed E-state index contributed by atoms with van der Waals surface area (Å²) < 4.78 is 29.4. The van der Waals surface area contributed by atoms with Gasteiger partial charge in [0.15, 0.2) is 0 Å². The zero-order valence-electron chi connectivity index (χ0n) is 6.57. The van der Waals surface area contributed by atoms with E-state index in [2.05, 4.69) is 13.4 Å². The third-order valence-corrected chi connectivity index (χ3v) is 1.40. The summed E-state index contributed by atoms with van der Waals surface area (Å²) in [7, 11) is -3.93. The average molecular weight is 184 g/mol. The Kier molecular flexibility index (Phi) is 5.39. The van der Waals surface area contributed by atoms with Crippen LogP contribution >= 0.6 is 0 Å². The van der Waals surface area contributed by atoms with Crippen LogP contribution < -0.4 is 0 Å². The molecule has 0 rings (SSSR count). The average Bonchev–Trinajstić information content (AvgIpc) is 1.97. The van der Waals surface area contributed by atoms with Crippen molar-refractivity contribution in [3.63, 3.8) is 0 Å². The Balaban J connectivity index is 3.63. The highest BCUT2D eigenvalue weighted by Gasteiger charge is 2.11. The third-order valence-electron chi connectivity index (χ3n) is 0.681. The quantitative estimate of drug-likeness (QED) is 0.447. The molecular formula is C5H12O5S. The monoisotopic (exact) mass is 184 g/mol. The van der Waals surface area contributed by atoms with Crippen molar-refractivity contribution in [2.75, 3.05) is 13.2 Å². The van der Waals surface area contributed by atoms with E-state index < -0.39 is 10.4 Å². The second-order valence-corrected chi connectivity index (χ2v) is 2.89. The molecule has 0 radical (unpaired) electrons. The van der Waals surface area contributed by atoms with Gasteiger partial charge in [0.25, 0.3) is 0 Å². The normalized spacial score (nSPS) is 11.8. The van der Waals surface area contributed by atoms with Crippen LogP contribution in [0.25, 0.3) is 0 Å². The summed E-state index contributed by atoms with van der Waals surface area (Å²) in [6, 6.07) is 0. The van der Waals surface area contributed by atoms with Gasteiger partial charge in [-0.25, -0.2) is 9.07 Å². The summed E-state index contributed by atoms with van der Waals surface area (Å²) in [4.78, 5) is 4.18. The van der Waals surface area contributed by atoms with E-state index in [4.69, 9.17) is 0 Å². The van der Waals surface area contributed by atoms with E-state index in [9.17, 15) is 8.42 Å².